The number of H-pyrrole nitrogens is 1. The number of carbonyl (C=O) groups is 1. The number of pyridine rings is 1. The van der Waals surface area contributed by atoms with Crippen LogP contribution in [0.2, 0.25) is 5.02 Å². The third kappa shape index (κ3) is 2.49. The first-order chi connectivity index (χ1) is 11.2. The van der Waals surface area contributed by atoms with Crippen molar-refractivity contribution < 1.29 is 4.79 Å². The van der Waals surface area contributed by atoms with Crippen molar-refractivity contribution in [2.75, 3.05) is 0 Å². The number of halogens is 1. The second-order valence-corrected chi connectivity index (χ2v) is 6.24. The van der Waals surface area contributed by atoms with Crippen molar-refractivity contribution in [3.63, 3.8) is 0 Å². The van der Waals surface area contributed by atoms with Crippen molar-refractivity contribution in [1.29, 1.82) is 0 Å². The van der Waals surface area contributed by atoms with Crippen molar-refractivity contribution in [1.82, 2.24) is 15.3 Å². The van der Waals surface area contributed by atoms with E-state index in [0.717, 1.165) is 40.9 Å². The lowest BCUT2D eigenvalue weighted by atomic mass is 9.91. The zero-order valence-electron chi connectivity index (χ0n) is 12.5. The van der Waals surface area contributed by atoms with Gasteiger partial charge in [-0.05, 0) is 43.0 Å². The predicted molar refractivity (Wildman–Crippen MR) is 90.7 cm³/mol. The van der Waals surface area contributed by atoms with Crippen LogP contribution in [0, 0.1) is 0 Å². The summed E-state index contributed by atoms with van der Waals surface area (Å²) in [6.07, 6.45) is 6.24. The molecule has 0 saturated heterocycles. The fraction of sp³-hybridized carbons (Fsp3) is 0.222. The standard InChI is InChI=1S/C18H16ClN3O/c19-14-5-1-3-12-13-4-2-6-15(17(13)22-16(12)14)21-18(23)11-7-9-20-10-8-11/h1,3,5,7-10,15,22H,2,4,6H2,(H,21,23)/t15-/m1/s1. The summed E-state index contributed by atoms with van der Waals surface area (Å²) >= 11 is 6.30. The van der Waals surface area contributed by atoms with Crippen molar-refractivity contribution in [3.05, 3.63) is 64.6 Å². The molecule has 0 bridgehead atoms. The summed E-state index contributed by atoms with van der Waals surface area (Å²) in [4.78, 5) is 19.8. The third-order valence-electron chi connectivity index (χ3n) is 4.44. The van der Waals surface area contributed by atoms with Crippen molar-refractivity contribution in [2.24, 2.45) is 0 Å². The highest BCUT2D eigenvalue weighted by molar-refractivity contribution is 6.35. The Morgan fingerprint density at radius 3 is 2.91 bits per heavy atom. The van der Waals surface area contributed by atoms with Crippen molar-refractivity contribution in [3.8, 4) is 0 Å². The summed E-state index contributed by atoms with van der Waals surface area (Å²) in [6.45, 7) is 0. The molecule has 1 amide bonds. The van der Waals surface area contributed by atoms with Crippen molar-refractivity contribution >= 4 is 28.4 Å². The lowest BCUT2D eigenvalue weighted by Gasteiger charge is -2.23. The Bertz CT molecular complexity index is 873. The quantitative estimate of drug-likeness (QED) is 0.747. The summed E-state index contributed by atoms with van der Waals surface area (Å²) in [6, 6.07) is 9.38. The molecule has 1 aliphatic carbocycles. The van der Waals surface area contributed by atoms with E-state index in [-0.39, 0.29) is 11.9 Å². The van der Waals surface area contributed by atoms with Gasteiger partial charge in [-0.25, -0.2) is 0 Å². The van der Waals surface area contributed by atoms with Crippen molar-refractivity contribution in [2.45, 2.75) is 25.3 Å². The summed E-state index contributed by atoms with van der Waals surface area (Å²) in [5.41, 5.74) is 3.95. The molecule has 0 spiro atoms. The molecule has 5 heteroatoms. The molecule has 1 atom stereocenters. The Kier molecular flexibility index (Phi) is 3.54. The zero-order chi connectivity index (χ0) is 15.8. The van der Waals surface area contributed by atoms with Crippen LogP contribution in [-0.4, -0.2) is 15.9 Å². The van der Waals surface area contributed by atoms with E-state index in [9.17, 15) is 4.79 Å². The van der Waals surface area contributed by atoms with Gasteiger partial charge in [0.15, 0.2) is 0 Å². The minimum Gasteiger partial charge on any atom is -0.355 e. The Balaban J connectivity index is 1.69. The van der Waals surface area contributed by atoms with E-state index in [1.807, 2.05) is 12.1 Å². The van der Waals surface area contributed by atoms with E-state index >= 15 is 0 Å². The third-order valence-corrected chi connectivity index (χ3v) is 4.75. The van der Waals surface area contributed by atoms with Crippen LogP contribution >= 0.6 is 11.6 Å². The Labute approximate surface area is 138 Å². The number of benzene rings is 1. The van der Waals surface area contributed by atoms with Gasteiger partial charge in [-0.1, -0.05) is 23.7 Å². The molecule has 4 nitrogen and oxygen atoms in total. The smallest absolute Gasteiger partial charge is 0.251 e. The highest BCUT2D eigenvalue weighted by Crippen LogP contribution is 2.37. The van der Waals surface area contributed by atoms with Gasteiger partial charge < -0.3 is 10.3 Å². The monoisotopic (exact) mass is 325 g/mol. The fourth-order valence-corrected chi connectivity index (χ4v) is 3.56. The maximum Gasteiger partial charge on any atom is 0.251 e. The summed E-state index contributed by atoms with van der Waals surface area (Å²) in [7, 11) is 0. The number of amides is 1. The number of carbonyl (C=O) groups excluding carboxylic acids is 1. The Hall–Kier alpha value is -2.33. The average Bonchev–Trinajstić information content (AvgIpc) is 2.97. The van der Waals surface area contributed by atoms with E-state index in [1.165, 1.54) is 5.56 Å². The number of hydrogen-bond donors (Lipinski definition) is 2. The molecule has 0 radical (unpaired) electrons. The minimum atomic E-state index is -0.0741. The molecular weight excluding hydrogens is 310 g/mol. The van der Waals surface area contributed by atoms with Gasteiger partial charge in [0.2, 0.25) is 0 Å². The SMILES string of the molecule is O=C(N[C@@H]1CCCc2c1[nH]c1c(Cl)cccc21)c1ccncc1. The van der Waals surface area contributed by atoms with E-state index in [0.29, 0.717) is 5.56 Å². The van der Waals surface area contributed by atoms with Gasteiger partial charge in [0.25, 0.3) is 5.91 Å². The molecule has 0 fully saturated rings. The van der Waals surface area contributed by atoms with E-state index in [1.54, 1.807) is 24.5 Å². The van der Waals surface area contributed by atoms with Gasteiger partial charge in [-0.3, -0.25) is 9.78 Å². The van der Waals surface area contributed by atoms with Crippen LogP contribution in [0.15, 0.2) is 42.7 Å². The first-order valence-corrected chi connectivity index (χ1v) is 8.11. The van der Waals surface area contributed by atoms with E-state index in [2.05, 4.69) is 21.4 Å². The number of hydrogen-bond acceptors (Lipinski definition) is 2. The van der Waals surface area contributed by atoms with Gasteiger partial charge in [0.1, 0.15) is 0 Å². The highest BCUT2D eigenvalue weighted by Gasteiger charge is 2.26. The van der Waals surface area contributed by atoms with Gasteiger partial charge >= 0.3 is 0 Å². The molecule has 1 aromatic carbocycles. The van der Waals surface area contributed by atoms with E-state index in [4.69, 9.17) is 11.6 Å². The molecule has 3 aromatic rings. The van der Waals surface area contributed by atoms with Gasteiger partial charge in [0, 0.05) is 29.0 Å². The molecule has 2 aromatic heterocycles. The van der Waals surface area contributed by atoms with Crippen LogP contribution in [0.5, 0.6) is 0 Å². The molecule has 0 saturated carbocycles. The van der Waals surface area contributed by atoms with Crippen LogP contribution in [-0.2, 0) is 6.42 Å². The number of aromatic amines is 1. The molecular formula is C18H16ClN3O. The average molecular weight is 326 g/mol. The topological polar surface area (TPSA) is 57.8 Å². The van der Waals surface area contributed by atoms with E-state index < -0.39 is 0 Å². The number of aromatic nitrogens is 2. The largest absolute Gasteiger partial charge is 0.355 e. The number of aryl methyl sites for hydroxylation is 1. The molecule has 23 heavy (non-hydrogen) atoms. The molecule has 2 heterocycles. The molecule has 4 rings (SSSR count). The second kappa shape index (κ2) is 5.70. The number of nitrogens with one attached hydrogen (secondary N) is 2. The fourth-order valence-electron chi connectivity index (χ4n) is 3.34. The molecule has 0 aliphatic heterocycles. The molecule has 0 unspecified atom stereocenters. The van der Waals surface area contributed by atoms with Gasteiger partial charge in [-0.15, -0.1) is 0 Å². The molecule has 116 valence electrons. The number of nitrogens with zero attached hydrogens (tertiary/aromatic N) is 1. The van der Waals surface area contributed by atoms with Gasteiger partial charge in [-0.2, -0.15) is 0 Å². The maximum absolute atomic E-state index is 12.4. The zero-order valence-corrected chi connectivity index (χ0v) is 13.2. The van der Waals surface area contributed by atoms with Gasteiger partial charge in [0.05, 0.1) is 16.6 Å². The first kappa shape index (κ1) is 14.3. The second-order valence-electron chi connectivity index (χ2n) is 5.83. The molecule has 1 aliphatic rings. The Morgan fingerprint density at radius 2 is 2.09 bits per heavy atom. The Morgan fingerprint density at radius 1 is 1.26 bits per heavy atom. The highest BCUT2D eigenvalue weighted by atomic mass is 35.5. The normalized spacial score (nSPS) is 17.0. The summed E-state index contributed by atoms with van der Waals surface area (Å²) in [5, 5.41) is 5.01. The van der Waals surface area contributed by atoms with Crippen LogP contribution in [0.4, 0.5) is 0 Å². The predicted octanol–water partition coefficient (Wildman–Crippen LogP) is 4.02. The number of fused-ring (bicyclic) bond motifs is 3. The van der Waals surface area contributed by atoms with Crippen LogP contribution in [0.25, 0.3) is 10.9 Å². The molecule has 2 N–H and O–H groups in total. The van der Waals surface area contributed by atoms with Crippen LogP contribution < -0.4 is 5.32 Å². The number of rotatable bonds is 2. The lowest BCUT2D eigenvalue weighted by molar-refractivity contribution is 0.0932. The lowest BCUT2D eigenvalue weighted by Crippen LogP contribution is -2.31. The summed E-state index contributed by atoms with van der Waals surface area (Å²) < 4.78 is 0. The maximum atomic E-state index is 12.4. The first-order valence-electron chi connectivity index (χ1n) is 7.74. The van der Waals surface area contributed by atoms with Crippen LogP contribution in [0.1, 0.15) is 40.5 Å². The summed E-state index contributed by atoms with van der Waals surface area (Å²) in [5.74, 6) is -0.0741. The van der Waals surface area contributed by atoms with Crippen LogP contribution in [0.3, 0.4) is 0 Å². The number of para-hydroxylation sites is 1. The minimum absolute atomic E-state index is 0.0112.